The van der Waals surface area contributed by atoms with E-state index < -0.39 is 0 Å². The van der Waals surface area contributed by atoms with Crippen molar-refractivity contribution >= 4 is 29.1 Å². The first-order valence-corrected chi connectivity index (χ1v) is 4.82. The van der Waals surface area contributed by atoms with E-state index in [9.17, 15) is 4.79 Å². The van der Waals surface area contributed by atoms with E-state index in [-0.39, 0.29) is 17.2 Å². The third-order valence-corrected chi connectivity index (χ3v) is 2.29. The van der Waals surface area contributed by atoms with Gasteiger partial charge in [0.2, 0.25) is 0 Å². The Hall–Kier alpha value is -1.22. The third-order valence-electron chi connectivity index (χ3n) is 2.09. The quantitative estimate of drug-likeness (QED) is 0.606. The number of nitrogens with zero attached hydrogens (tertiary/aromatic N) is 2. The van der Waals surface area contributed by atoms with Gasteiger partial charge in [-0.2, -0.15) is 4.99 Å². The minimum atomic E-state index is -0.327. The summed E-state index contributed by atoms with van der Waals surface area (Å²) in [7, 11) is 0. The number of hydrogen-bond donors (Lipinski definition) is 0. The highest BCUT2D eigenvalue weighted by atomic mass is 35.5. The lowest BCUT2D eigenvalue weighted by Crippen LogP contribution is -2.29. The molecule has 0 saturated heterocycles. The van der Waals surface area contributed by atoms with Crippen LogP contribution in [0, 0.1) is 5.92 Å². The van der Waals surface area contributed by atoms with Gasteiger partial charge in [-0.15, -0.1) is 11.6 Å². The Labute approximate surface area is 86.9 Å². The van der Waals surface area contributed by atoms with Crippen LogP contribution in [0.2, 0.25) is 0 Å². The van der Waals surface area contributed by atoms with Crippen LogP contribution < -0.4 is 0 Å². The Morgan fingerprint density at radius 1 is 1.43 bits per heavy atom. The summed E-state index contributed by atoms with van der Waals surface area (Å²) in [5.74, 6) is -0.0832. The van der Waals surface area contributed by atoms with Gasteiger partial charge in [0, 0.05) is 0 Å². The number of amidine groups is 1. The predicted octanol–water partition coefficient (Wildman–Crippen LogP) is 1.74. The van der Waals surface area contributed by atoms with Gasteiger partial charge in [0.25, 0.3) is 5.91 Å². The maximum Gasteiger partial charge on any atom is 0.260 e. The minimum absolute atomic E-state index is 0.182. The number of amides is 1. The highest BCUT2D eigenvalue weighted by molar-refractivity contribution is 6.35. The van der Waals surface area contributed by atoms with Gasteiger partial charge in [0.15, 0.2) is 0 Å². The van der Waals surface area contributed by atoms with Gasteiger partial charge in [-0.1, -0.05) is 18.2 Å². The molecular weight excluding hydrogens is 200 g/mol. The second-order valence-electron chi connectivity index (χ2n) is 3.18. The molecule has 72 valence electrons. The van der Waals surface area contributed by atoms with Gasteiger partial charge in [-0.05, 0) is 13.0 Å². The van der Waals surface area contributed by atoms with Crippen molar-refractivity contribution in [2.75, 3.05) is 0 Å². The van der Waals surface area contributed by atoms with Crippen LogP contribution >= 0.6 is 11.6 Å². The van der Waals surface area contributed by atoms with Gasteiger partial charge >= 0.3 is 0 Å². The van der Waals surface area contributed by atoms with E-state index in [0.29, 0.717) is 5.84 Å². The molecular formula is C10H9ClN2O. The number of carbonyl (C=O) groups excluding carboxylic acids is 1. The number of alkyl halides is 1. The third kappa shape index (κ3) is 1.55. The fraction of sp³-hybridized carbons (Fsp3) is 0.300. The van der Waals surface area contributed by atoms with Crippen molar-refractivity contribution in [2.24, 2.45) is 15.9 Å². The minimum Gasteiger partial charge on any atom is -0.271 e. The molecule has 0 aromatic carbocycles. The molecule has 0 aromatic heterocycles. The molecule has 1 heterocycles. The summed E-state index contributed by atoms with van der Waals surface area (Å²) in [4.78, 5) is 19.6. The van der Waals surface area contributed by atoms with Crippen LogP contribution in [0.5, 0.6) is 0 Å². The van der Waals surface area contributed by atoms with Crippen molar-refractivity contribution in [3.8, 4) is 0 Å². The summed E-state index contributed by atoms with van der Waals surface area (Å²) < 4.78 is 0. The van der Waals surface area contributed by atoms with E-state index in [4.69, 9.17) is 11.6 Å². The Balaban J connectivity index is 2.38. The summed E-state index contributed by atoms with van der Waals surface area (Å²) >= 11 is 5.82. The summed E-state index contributed by atoms with van der Waals surface area (Å²) in [6.45, 7) is 1.75. The average molecular weight is 209 g/mol. The fourth-order valence-corrected chi connectivity index (χ4v) is 1.46. The van der Waals surface area contributed by atoms with Crippen molar-refractivity contribution in [1.29, 1.82) is 0 Å². The van der Waals surface area contributed by atoms with Crippen molar-refractivity contribution < 1.29 is 4.79 Å². The summed E-state index contributed by atoms with van der Waals surface area (Å²) in [6, 6.07) is 0. The molecule has 2 rings (SSSR count). The molecule has 1 aliphatic heterocycles. The van der Waals surface area contributed by atoms with Crippen LogP contribution in [0.3, 0.4) is 0 Å². The summed E-state index contributed by atoms with van der Waals surface area (Å²) in [6.07, 6.45) is 7.29. The normalized spacial score (nSPS) is 26.7. The first-order valence-electron chi connectivity index (χ1n) is 4.38. The Bertz CT molecular complexity index is 391. The zero-order chi connectivity index (χ0) is 10.1. The molecule has 2 aliphatic rings. The molecule has 1 amide bonds. The van der Waals surface area contributed by atoms with Gasteiger partial charge < -0.3 is 0 Å². The van der Waals surface area contributed by atoms with E-state index in [0.717, 1.165) is 5.71 Å². The number of allylic oxidation sites excluding steroid dienone is 3. The maximum atomic E-state index is 11.5. The predicted molar refractivity (Wildman–Crippen MR) is 57.0 cm³/mol. The van der Waals surface area contributed by atoms with Gasteiger partial charge in [0.1, 0.15) is 11.8 Å². The Morgan fingerprint density at radius 3 is 2.93 bits per heavy atom. The second kappa shape index (κ2) is 3.50. The highest BCUT2D eigenvalue weighted by Crippen LogP contribution is 2.18. The van der Waals surface area contributed by atoms with Crippen LogP contribution in [0.4, 0.5) is 0 Å². The van der Waals surface area contributed by atoms with E-state index >= 15 is 0 Å². The topological polar surface area (TPSA) is 41.8 Å². The first-order chi connectivity index (χ1) is 6.68. The fourth-order valence-electron chi connectivity index (χ4n) is 1.36. The largest absolute Gasteiger partial charge is 0.271 e. The van der Waals surface area contributed by atoms with Crippen LogP contribution in [0.1, 0.15) is 6.92 Å². The SMILES string of the molecule is CC(Cl)C1=NC(=O)C2C=CC=CC2=N1. The lowest BCUT2D eigenvalue weighted by molar-refractivity contribution is -0.118. The highest BCUT2D eigenvalue weighted by Gasteiger charge is 2.27. The monoisotopic (exact) mass is 208 g/mol. The van der Waals surface area contributed by atoms with Gasteiger partial charge in [-0.3, -0.25) is 4.79 Å². The molecule has 0 radical (unpaired) electrons. The molecule has 0 fully saturated rings. The van der Waals surface area contributed by atoms with E-state index in [1.54, 1.807) is 13.0 Å². The molecule has 3 nitrogen and oxygen atoms in total. The molecule has 2 unspecified atom stereocenters. The number of carbonyl (C=O) groups is 1. The molecule has 0 N–H and O–H groups in total. The second-order valence-corrected chi connectivity index (χ2v) is 3.84. The lowest BCUT2D eigenvalue weighted by Gasteiger charge is -2.18. The van der Waals surface area contributed by atoms with E-state index in [1.165, 1.54) is 0 Å². The van der Waals surface area contributed by atoms with E-state index in [1.807, 2.05) is 18.2 Å². The molecule has 0 bridgehead atoms. The van der Waals surface area contributed by atoms with Crippen LogP contribution in [0.15, 0.2) is 34.3 Å². The number of aliphatic imine (C=N–C) groups is 2. The number of rotatable bonds is 1. The summed E-state index contributed by atoms with van der Waals surface area (Å²) in [5, 5.41) is -0.327. The molecule has 1 aliphatic carbocycles. The molecule has 4 heteroatoms. The van der Waals surface area contributed by atoms with Crippen LogP contribution in [0.25, 0.3) is 0 Å². The van der Waals surface area contributed by atoms with Gasteiger partial charge in [-0.25, -0.2) is 4.99 Å². The van der Waals surface area contributed by atoms with Crippen molar-refractivity contribution in [3.05, 3.63) is 24.3 Å². The average Bonchev–Trinajstić information content (AvgIpc) is 2.17. The number of halogens is 1. The molecule has 0 saturated carbocycles. The molecule has 14 heavy (non-hydrogen) atoms. The Kier molecular flexibility index (Phi) is 2.33. The number of fused-ring (bicyclic) bond motifs is 1. The molecule has 0 spiro atoms. The van der Waals surface area contributed by atoms with Crippen LogP contribution in [-0.2, 0) is 4.79 Å². The Morgan fingerprint density at radius 2 is 2.21 bits per heavy atom. The van der Waals surface area contributed by atoms with Crippen molar-refractivity contribution in [3.63, 3.8) is 0 Å². The lowest BCUT2D eigenvalue weighted by atomic mass is 9.96. The standard InChI is InChI=1S/C10H9ClN2O/c1-6(11)9-12-8-5-3-2-4-7(8)10(14)13-9/h2-7H,1H3. The van der Waals surface area contributed by atoms with Crippen molar-refractivity contribution in [1.82, 2.24) is 0 Å². The van der Waals surface area contributed by atoms with Crippen molar-refractivity contribution in [2.45, 2.75) is 12.3 Å². The zero-order valence-corrected chi connectivity index (χ0v) is 8.40. The summed E-state index contributed by atoms with van der Waals surface area (Å²) in [5.41, 5.74) is 0.731. The molecule has 2 atom stereocenters. The molecule has 0 aromatic rings. The first kappa shape index (κ1) is 9.34. The number of hydrogen-bond acceptors (Lipinski definition) is 2. The van der Waals surface area contributed by atoms with E-state index in [2.05, 4.69) is 9.98 Å². The van der Waals surface area contributed by atoms with Gasteiger partial charge in [0.05, 0.1) is 11.1 Å². The maximum absolute atomic E-state index is 11.5. The van der Waals surface area contributed by atoms with Crippen LogP contribution in [-0.4, -0.2) is 22.8 Å². The smallest absolute Gasteiger partial charge is 0.260 e. The zero-order valence-electron chi connectivity index (χ0n) is 7.64.